The van der Waals surface area contributed by atoms with Gasteiger partial charge >= 0.3 is 0 Å². The Balaban J connectivity index is 1.19. The van der Waals surface area contributed by atoms with Crippen LogP contribution in [0.5, 0.6) is 0 Å². The summed E-state index contributed by atoms with van der Waals surface area (Å²) in [5.41, 5.74) is 9.43. The Morgan fingerprint density at radius 1 is 1.00 bits per heavy atom. The normalized spacial score (nSPS) is 18.0. The van der Waals surface area contributed by atoms with Crippen molar-refractivity contribution in [2.45, 2.75) is 25.0 Å². The van der Waals surface area contributed by atoms with Crippen molar-refractivity contribution in [3.8, 4) is 11.3 Å². The van der Waals surface area contributed by atoms with Crippen molar-refractivity contribution in [3.05, 3.63) is 77.1 Å². The van der Waals surface area contributed by atoms with Gasteiger partial charge in [0, 0.05) is 29.6 Å². The predicted molar refractivity (Wildman–Crippen MR) is 135 cm³/mol. The van der Waals surface area contributed by atoms with E-state index in [0.717, 1.165) is 29.5 Å². The fraction of sp³-hybridized carbons (Fsp3) is 0.269. The van der Waals surface area contributed by atoms with E-state index in [1.807, 2.05) is 42.5 Å². The van der Waals surface area contributed by atoms with E-state index in [2.05, 4.69) is 10.3 Å². The van der Waals surface area contributed by atoms with E-state index in [4.69, 9.17) is 22.3 Å². The van der Waals surface area contributed by atoms with Crippen LogP contribution in [-0.4, -0.2) is 67.4 Å². The highest BCUT2D eigenvalue weighted by atomic mass is 35.5. The number of halogens is 1. The minimum absolute atomic E-state index is 0.165. The van der Waals surface area contributed by atoms with Gasteiger partial charge in [0.1, 0.15) is 0 Å². The average molecular weight is 502 g/mol. The maximum atomic E-state index is 13.3. The molecule has 2 aromatic carbocycles. The smallest absolute Gasteiger partial charge is 0.277 e. The number of benzene rings is 2. The van der Waals surface area contributed by atoms with Gasteiger partial charge in [0.05, 0.1) is 41.2 Å². The Morgan fingerprint density at radius 3 is 2.56 bits per heavy atom. The number of fused-ring (bicyclic) bond motifs is 1. The molecule has 0 radical (unpaired) electrons. The maximum Gasteiger partial charge on any atom is 0.277 e. The topological polar surface area (TPSA) is 110 Å². The quantitative estimate of drug-likeness (QED) is 0.459. The SMILES string of the molecule is N[C@@H]1CN(C(=O)c2ccc3c(Cl)cc(-c4ccccc4)nc3c2)CCN1C(=O)c1cn(C2CC2)nn1. The summed E-state index contributed by atoms with van der Waals surface area (Å²) < 4.78 is 1.74. The summed E-state index contributed by atoms with van der Waals surface area (Å²) in [6.07, 6.45) is 3.16. The predicted octanol–water partition coefficient (Wildman–Crippen LogP) is 3.36. The van der Waals surface area contributed by atoms with Crippen LogP contribution >= 0.6 is 11.6 Å². The summed E-state index contributed by atoms with van der Waals surface area (Å²) in [5.74, 6) is -0.429. The first-order chi connectivity index (χ1) is 17.5. The number of aromatic nitrogens is 4. The summed E-state index contributed by atoms with van der Waals surface area (Å²) in [5, 5.41) is 9.43. The standard InChI is InChI=1S/C26H24ClN7O2/c27-20-13-21(16-4-2-1-3-5-16)29-22-12-17(6-9-19(20)22)25(35)32-10-11-33(24(28)15-32)26(36)23-14-34(31-30-23)18-7-8-18/h1-6,9,12-14,18,24H,7-8,10-11,15,28H2/t24-/m0/s1. The molecule has 2 amide bonds. The lowest BCUT2D eigenvalue weighted by Gasteiger charge is -2.39. The van der Waals surface area contributed by atoms with Gasteiger partial charge in [-0.05, 0) is 31.0 Å². The molecule has 9 nitrogen and oxygen atoms in total. The zero-order chi connectivity index (χ0) is 24.8. The van der Waals surface area contributed by atoms with Crippen LogP contribution in [0.2, 0.25) is 5.02 Å². The van der Waals surface area contributed by atoms with E-state index in [1.165, 1.54) is 0 Å². The van der Waals surface area contributed by atoms with Crippen molar-refractivity contribution in [1.82, 2.24) is 29.8 Å². The maximum absolute atomic E-state index is 13.3. The second-order valence-corrected chi connectivity index (χ2v) is 9.63. The fourth-order valence-corrected chi connectivity index (χ4v) is 4.81. The highest BCUT2D eigenvalue weighted by Crippen LogP contribution is 2.34. The fourth-order valence-electron chi connectivity index (χ4n) is 4.54. The van der Waals surface area contributed by atoms with Gasteiger partial charge in [0.15, 0.2) is 5.69 Å². The molecule has 2 aliphatic rings. The zero-order valence-electron chi connectivity index (χ0n) is 19.4. The molecule has 4 aromatic rings. The number of pyridine rings is 1. The van der Waals surface area contributed by atoms with Crippen molar-refractivity contribution in [2.24, 2.45) is 5.73 Å². The van der Waals surface area contributed by atoms with E-state index in [1.54, 1.807) is 32.8 Å². The number of carbonyl (C=O) groups is 2. The Labute approximate surface area is 212 Å². The molecule has 1 aliphatic carbocycles. The van der Waals surface area contributed by atoms with Crippen LogP contribution in [0.15, 0.2) is 60.8 Å². The largest absolute Gasteiger partial charge is 0.333 e. The molecule has 3 heterocycles. The molecule has 36 heavy (non-hydrogen) atoms. The first-order valence-electron chi connectivity index (χ1n) is 11.9. The molecule has 1 saturated carbocycles. The van der Waals surface area contributed by atoms with Gasteiger partial charge in [-0.3, -0.25) is 9.59 Å². The Morgan fingerprint density at radius 2 is 1.81 bits per heavy atom. The number of hydrogen-bond acceptors (Lipinski definition) is 6. The first kappa shape index (κ1) is 22.6. The van der Waals surface area contributed by atoms with Crippen LogP contribution in [-0.2, 0) is 0 Å². The lowest BCUT2D eigenvalue weighted by molar-refractivity contribution is 0.0392. The van der Waals surface area contributed by atoms with Gasteiger partial charge in [0.2, 0.25) is 0 Å². The van der Waals surface area contributed by atoms with E-state index in [9.17, 15) is 9.59 Å². The van der Waals surface area contributed by atoms with Crippen LogP contribution in [0, 0.1) is 0 Å². The summed E-state index contributed by atoms with van der Waals surface area (Å²) in [7, 11) is 0. The van der Waals surface area contributed by atoms with Crippen LogP contribution in [0.25, 0.3) is 22.2 Å². The molecule has 0 bridgehead atoms. The van der Waals surface area contributed by atoms with Crippen LogP contribution < -0.4 is 5.73 Å². The molecule has 0 spiro atoms. The molecule has 1 atom stereocenters. The minimum atomic E-state index is -0.640. The number of carbonyl (C=O) groups excluding carboxylic acids is 2. The van der Waals surface area contributed by atoms with Gasteiger partial charge in [-0.2, -0.15) is 0 Å². The number of amides is 2. The van der Waals surface area contributed by atoms with Crippen molar-refractivity contribution in [3.63, 3.8) is 0 Å². The lowest BCUT2D eigenvalue weighted by Crippen LogP contribution is -2.60. The van der Waals surface area contributed by atoms with Crippen LogP contribution in [0.1, 0.15) is 39.7 Å². The summed E-state index contributed by atoms with van der Waals surface area (Å²) >= 11 is 6.53. The molecule has 1 aliphatic heterocycles. The second-order valence-electron chi connectivity index (χ2n) is 9.22. The molecule has 182 valence electrons. The third-order valence-corrected chi connectivity index (χ3v) is 7.01. The van der Waals surface area contributed by atoms with Crippen molar-refractivity contribution < 1.29 is 9.59 Å². The molecule has 2 N–H and O–H groups in total. The molecule has 2 fully saturated rings. The second kappa shape index (κ2) is 9.00. The van der Waals surface area contributed by atoms with Gasteiger partial charge in [0.25, 0.3) is 11.8 Å². The number of piperazine rings is 1. The molecular formula is C26H24ClN7O2. The van der Waals surface area contributed by atoms with Gasteiger partial charge in [-0.25, -0.2) is 9.67 Å². The summed E-state index contributed by atoms with van der Waals surface area (Å²) in [6.45, 7) is 0.904. The molecular weight excluding hydrogens is 478 g/mol. The Bertz CT molecular complexity index is 1470. The molecule has 2 aromatic heterocycles. The minimum Gasteiger partial charge on any atom is -0.333 e. The van der Waals surface area contributed by atoms with Crippen molar-refractivity contribution >= 4 is 34.3 Å². The van der Waals surface area contributed by atoms with Gasteiger partial charge < -0.3 is 15.5 Å². The van der Waals surface area contributed by atoms with Gasteiger partial charge in [-0.1, -0.05) is 53.2 Å². The van der Waals surface area contributed by atoms with E-state index in [-0.39, 0.29) is 24.1 Å². The molecule has 6 rings (SSSR count). The third-order valence-electron chi connectivity index (χ3n) is 6.69. The first-order valence-corrected chi connectivity index (χ1v) is 12.3. The monoisotopic (exact) mass is 501 g/mol. The third kappa shape index (κ3) is 4.20. The van der Waals surface area contributed by atoms with E-state index < -0.39 is 6.17 Å². The van der Waals surface area contributed by atoms with Crippen LogP contribution in [0.4, 0.5) is 0 Å². The highest BCUT2D eigenvalue weighted by Gasteiger charge is 2.33. The molecule has 1 saturated heterocycles. The zero-order valence-corrected chi connectivity index (χ0v) is 20.2. The Kier molecular flexibility index (Phi) is 5.66. The average Bonchev–Trinajstić information content (AvgIpc) is 3.64. The summed E-state index contributed by atoms with van der Waals surface area (Å²) in [4.78, 5) is 34.3. The van der Waals surface area contributed by atoms with E-state index in [0.29, 0.717) is 35.2 Å². The number of nitrogens with zero attached hydrogens (tertiary/aromatic N) is 6. The molecule has 0 unspecified atom stereocenters. The lowest BCUT2D eigenvalue weighted by atomic mass is 10.1. The van der Waals surface area contributed by atoms with Crippen molar-refractivity contribution in [1.29, 1.82) is 0 Å². The Hall–Kier alpha value is -3.82. The van der Waals surface area contributed by atoms with Gasteiger partial charge in [-0.15, -0.1) is 5.10 Å². The number of nitrogens with two attached hydrogens (primary N) is 1. The number of rotatable bonds is 4. The van der Waals surface area contributed by atoms with E-state index >= 15 is 0 Å². The number of hydrogen-bond donors (Lipinski definition) is 1. The molecule has 10 heteroatoms. The van der Waals surface area contributed by atoms with Crippen LogP contribution in [0.3, 0.4) is 0 Å². The summed E-state index contributed by atoms with van der Waals surface area (Å²) in [6, 6.07) is 17.3. The van der Waals surface area contributed by atoms with Crippen molar-refractivity contribution in [2.75, 3.05) is 19.6 Å². The highest BCUT2D eigenvalue weighted by molar-refractivity contribution is 6.35.